The highest BCUT2D eigenvalue weighted by atomic mass is 16.5. The van der Waals surface area contributed by atoms with Crippen LogP contribution >= 0.6 is 0 Å². The van der Waals surface area contributed by atoms with Crippen molar-refractivity contribution in [2.45, 2.75) is 37.5 Å². The molecule has 1 aromatic carbocycles. The van der Waals surface area contributed by atoms with Crippen molar-refractivity contribution < 1.29 is 18.8 Å². The van der Waals surface area contributed by atoms with Crippen molar-refractivity contribution in [1.82, 2.24) is 25.2 Å². The first-order valence-corrected chi connectivity index (χ1v) is 10.6. The normalized spacial score (nSPS) is 17.0. The van der Waals surface area contributed by atoms with Gasteiger partial charge in [0.05, 0.1) is 19.8 Å². The van der Waals surface area contributed by atoms with Crippen molar-refractivity contribution in [2.75, 3.05) is 27.3 Å². The highest BCUT2D eigenvalue weighted by Gasteiger charge is 2.31. The predicted octanol–water partition coefficient (Wildman–Crippen LogP) is 3.37. The van der Waals surface area contributed by atoms with Crippen LogP contribution in [0.15, 0.2) is 28.8 Å². The number of nitrogens with zero attached hydrogens (tertiary/aromatic N) is 4. The zero-order valence-corrected chi connectivity index (χ0v) is 17.6. The lowest BCUT2D eigenvalue weighted by Gasteiger charge is -2.30. The van der Waals surface area contributed by atoms with Gasteiger partial charge in [0.25, 0.3) is 5.91 Å². The van der Waals surface area contributed by atoms with Crippen molar-refractivity contribution in [1.29, 1.82) is 0 Å². The molecule has 2 fully saturated rings. The molecule has 1 aliphatic carbocycles. The monoisotopic (exact) mass is 423 g/mol. The molecule has 31 heavy (non-hydrogen) atoms. The minimum Gasteiger partial charge on any atom is -0.497 e. The molecular formula is C22H25N5O4. The molecule has 1 aliphatic heterocycles. The minimum atomic E-state index is -0.133. The van der Waals surface area contributed by atoms with Crippen LogP contribution in [0.4, 0.5) is 0 Å². The number of rotatable bonds is 6. The number of nitrogens with one attached hydrogen (secondary N) is 1. The van der Waals surface area contributed by atoms with Crippen molar-refractivity contribution in [3.05, 3.63) is 41.6 Å². The number of H-pyrrole nitrogens is 1. The lowest BCUT2D eigenvalue weighted by Crippen LogP contribution is -2.38. The van der Waals surface area contributed by atoms with E-state index < -0.39 is 0 Å². The molecule has 2 aliphatic rings. The highest BCUT2D eigenvalue weighted by molar-refractivity contribution is 5.93. The van der Waals surface area contributed by atoms with E-state index in [1.165, 1.54) is 12.8 Å². The minimum absolute atomic E-state index is 0.133. The maximum absolute atomic E-state index is 13.0. The van der Waals surface area contributed by atoms with Crippen molar-refractivity contribution >= 4 is 5.91 Å². The van der Waals surface area contributed by atoms with E-state index in [0.29, 0.717) is 47.7 Å². The molecule has 0 unspecified atom stereocenters. The number of amides is 1. The second-order valence-corrected chi connectivity index (χ2v) is 8.06. The van der Waals surface area contributed by atoms with E-state index in [1.807, 2.05) is 4.90 Å². The number of methoxy groups -OCH3 is 2. The first kappa shape index (κ1) is 19.6. The molecule has 1 amide bonds. The van der Waals surface area contributed by atoms with Gasteiger partial charge in [0.15, 0.2) is 17.3 Å². The van der Waals surface area contributed by atoms with Crippen LogP contribution in [0.3, 0.4) is 0 Å². The van der Waals surface area contributed by atoms with Gasteiger partial charge >= 0.3 is 0 Å². The molecule has 2 aromatic heterocycles. The van der Waals surface area contributed by atoms with Crippen LogP contribution in [0.5, 0.6) is 11.5 Å². The van der Waals surface area contributed by atoms with Crippen LogP contribution in [-0.4, -0.2) is 58.5 Å². The summed E-state index contributed by atoms with van der Waals surface area (Å²) in [6.45, 7) is 1.29. The molecule has 0 spiro atoms. The fourth-order valence-corrected chi connectivity index (χ4v) is 4.02. The van der Waals surface area contributed by atoms with Crippen LogP contribution < -0.4 is 9.47 Å². The number of carbonyl (C=O) groups is 1. The van der Waals surface area contributed by atoms with E-state index >= 15 is 0 Å². The standard InChI is InChI=1S/C22H25N5O4/c1-29-15-5-6-18(30-2)16(11-15)19-12-17(26-31-19)22(28)27-9-7-14(8-10-27)21-23-20(24-25-21)13-3-4-13/h5-6,11-14H,3-4,7-10H2,1-2H3,(H,23,24,25). The molecule has 9 nitrogen and oxygen atoms in total. The number of piperidine rings is 1. The van der Waals surface area contributed by atoms with Gasteiger partial charge in [0, 0.05) is 31.0 Å². The SMILES string of the molecule is COc1ccc(OC)c(-c2cc(C(=O)N3CCC(c4nc(C5CC5)n[nH]4)CC3)no2)c1. The van der Waals surface area contributed by atoms with E-state index in [9.17, 15) is 4.79 Å². The number of ether oxygens (including phenoxy) is 2. The molecule has 1 saturated heterocycles. The summed E-state index contributed by atoms with van der Waals surface area (Å²) in [5.41, 5.74) is 0.970. The fraction of sp³-hybridized carbons (Fsp3) is 0.455. The van der Waals surface area contributed by atoms with Crippen LogP contribution in [0.25, 0.3) is 11.3 Å². The van der Waals surface area contributed by atoms with Crippen molar-refractivity contribution in [3.8, 4) is 22.8 Å². The van der Waals surface area contributed by atoms with Crippen molar-refractivity contribution in [2.24, 2.45) is 0 Å². The number of aromatic nitrogens is 4. The number of hydrogen-bond donors (Lipinski definition) is 1. The topological polar surface area (TPSA) is 106 Å². The average Bonchev–Trinajstić information content (AvgIpc) is 3.35. The van der Waals surface area contributed by atoms with Gasteiger partial charge in [-0.1, -0.05) is 5.16 Å². The quantitative estimate of drug-likeness (QED) is 0.648. The Morgan fingerprint density at radius 1 is 1.10 bits per heavy atom. The Balaban J connectivity index is 1.26. The summed E-state index contributed by atoms with van der Waals surface area (Å²) < 4.78 is 16.2. The number of aromatic amines is 1. The van der Waals surface area contributed by atoms with Gasteiger partial charge < -0.3 is 18.9 Å². The predicted molar refractivity (Wildman–Crippen MR) is 111 cm³/mol. The highest BCUT2D eigenvalue weighted by Crippen LogP contribution is 2.39. The molecule has 162 valence electrons. The van der Waals surface area contributed by atoms with E-state index in [0.717, 1.165) is 24.5 Å². The summed E-state index contributed by atoms with van der Waals surface area (Å²) in [6, 6.07) is 7.05. The summed E-state index contributed by atoms with van der Waals surface area (Å²) in [6.07, 6.45) is 4.07. The first-order chi connectivity index (χ1) is 15.2. The maximum Gasteiger partial charge on any atom is 0.276 e. The van der Waals surface area contributed by atoms with Gasteiger partial charge in [0.1, 0.15) is 17.3 Å². The number of benzene rings is 1. The lowest BCUT2D eigenvalue weighted by molar-refractivity contribution is 0.0700. The molecule has 0 atom stereocenters. The van der Waals surface area contributed by atoms with Gasteiger partial charge in [-0.05, 0) is 43.9 Å². The van der Waals surface area contributed by atoms with Gasteiger partial charge in [-0.25, -0.2) is 4.98 Å². The Morgan fingerprint density at radius 3 is 2.61 bits per heavy atom. The van der Waals surface area contributed by atoms with Gasteiger partial charge in [-0.15, -0.1) is 0 Å². The Kier molecular flexibility index (Phi) is 5.09. The second kappa shape index (κ2) is 8.05. The van der Waals surface area contributed by atoms with Gasteiger partial charge in [-0.2, -0.15) is 5.10 Å². The molecular weight excluding hydrogens is 398 g/mol. The molecule has 1 N–H and O–H groups in total. The molecule has 0 radical (unpaired) electrons. The van der Waals surface area contributed by atoms with E-state index in [4.69, 9.17) is 14.0 Å². The van der Waals surface area contributed by atoms with Gasteiger partial charge in [-0.3, -0.25) is 9.89 Å². The third-order valence-electron chi connectivity index (χ3n) is 6.03. The zero-order valence-electron chi connectivity index (χ0n) is 17.6. The van der Waals surface area contributed by atoms with E-state index in [1.54, 1.807) is 38.5 Å². The Labute approximate surface area is 179 Å². The smallest absolute Gasteiger partial charge is 0.276 e. The summed E-state index contributed by atoms with van der Waals surface area (Å²) in [4.78, 5) is 19.5. The molecule has 9 heteroatoms. The van der Waals surface area contributed by atoms with Crippen LogP contribution in [0, 0.1) is 0 Å². The first-order valence-electron chi connectivity index (χ1n) is 10.6. The summed E-state index contributed by atoms with van der Waals surface area (Å²) in [5, 5.41) is 11.5. The zero-order chi connectivity index (χ0) is 21.4. The number of carbonyl (C=O) groups excluding carboxylic acids is 1. The Morgan fingerprint density at radius 2 is 1.90 bits per heavy atom. The molecule has 0 bridgehead atoms. The Bertz CT molecular complexity index is 1080. The van der Waals surface area contributed by atoms with Crippen molar-refractivity contribution in [3.63, 3.8) is 0 Å². The fourth-order valence-electron chi connectivity index (χ4n) is 4.02. The molecule has 3 heterocycles. The summed E-state index contributed by atoms with van der Waals surface area (Å²) >= 11 is 0. The van der Waals surface area contributed by atoms with E-state index in [2.05, 4.69) is 20.3 Å². The van der Waals surface area contributed by atoms with E-state index in [-0.39, 0.29) is 11.6 Å². The number of likely N-dealkylation sites (tertiary alicyclic amines) is 1. The molecule has 1 saturated carbocycles. The second-order valence-electron chi connectivity index (χ2n) is 8.06. The Hall–Kier alpha value is -3.36. The third kappa shape index (κ3) is 3.87. The van der Waals surface area contributed by atoms with Crippen LogP contribution in [0.2, 0.25) is 0 Å². The largest absolute Gasteiger partial charge is 0.497 e. The van der Waals surface area contributed by atoms with Gasteiger partial charge in [0.2, 0.25) is 0 Å². The average molecular weight is 423 g/mol. The molecule has 5 rings (SSSR count). The third-order valence-corrected chi connectivity index (χ3v) is 6.03. The molecule has 3 aromatic rings. The summed E-state index contributed by atoms with van der Waals surface area (Å²) in [7, 11) is 3.18. The van der Waals surface area contributed by atoms with Crippen LogP contribution in [-0.2, 0) is 0 Å². The summed E-state index contributed by atoms with van der Waals surface area (Å²) in [5.74, 6) is 4.34. The lowest BCUT2D eigenvalue weighted by atomic mass is 9.96. The number of hydrogen-bond acceptors (Lipinski definition) is 7. The van der Waals surface area contributed by atoms with Crippen LogP contribution in [0.1, 0.15) is 59.7 Å². The maximum atomic E-state index is 13.0.